The van der Waals surface area contributed by atoms with E-state index < -0.39 is 0 Å². The van der Waals surface area contributed by atoms with Crippen LogP contribution in [0, 0.1) is 0 Å². The number of furan rings is 1. The summed E-state index contributed by atoms with van der Waals surface area (Å²) < 4.78 is 6.49. The summed E-state index contributed by atoms with van der Waals surface area (Å²) in [5.41, 5.74) is 16.9. The lowest BCUT2D eigenvalue weighted by Gasteiger charge is -2.26. The van der Waals surface area contributed by atoms with E-state index in [0.717, 1.165) is 67.2 Å². The van der Waals surface area contributed by atoms with E-state index in [2.05, 4.69) is 254 Å². The zero-order valence-corrected chi connectivity index (χ0v) is 36.2. The van der Waals surface area contributed by atoms with Crippen LogP contribution in [-0.4, -0.2) is 0 Å². The number of hydrogen-bond acceptors (Lipinski definition) is 2. The van der Waals surface area contributed by atoms with Gasteiger partial charge in [0, 0.05) is 28.0 Å². The molecule has 0 spiro atoms. The first-order chi connectivity index (χ1) is 32.7. The highest BCUT2D eigenvalue weighted by atomic mass is 16.3. The van der Waals surface area contributed by atoms with Crippen molar-refractivity contribution in [1.29, 1.82) is 0 Å². The van der Waals surface area contributed by atoms with E-state index in [1.807, 2.05) is 12.1 Å². The molecule has 0 atom stereocenters. The molecule has 12 aromatic rings. The minimum atomic E-state index is 0.857. The van der Waals surface area contributed by atoms with Crippen LogP contribution in [0.5, 0.6) is 0 Å². The van der Waals surface area contributed by atoms with Gasteiger partial charge in [0.25, 0.3) is 0 Å². The van der Waals surface area contributed by atoms with Gasteiger partial charge in [-0.15, -0.1) is 0 Å². The Balaban J connectivity index is 0.948. The molecule has 1 heterocycles. The molecule has 0 unspecified atom stereocenters. The van der Waals surface area contributed by atoms with Gasteiger partial charge in [0.15, 0.2) is 0 Å². The van der Waals surface area contributed by atoms with E-state index in [4.69, 9.17) is 4.42 Å². The summed E-state index contributed by atoms with van der Waals surface area (Å²) >= 11 is 0. The Labute approximate surface area is 384 Å². The van der Waals surface area contributed by atoms with E-state index in [9.17, 15) is 0 Å². The van der Waals surface area contributed by atoms with E-state index >= 15 is 0 Å². The summed E-state index contributed by atoms with van der Waals surface area (Å²) in [6.07, 6.45) is 0. The van der Waals surface area contributed by atoms with Crippen molar-refractivity contribution < 1.29 is 4.42 Å². The first kappa shape index (κ1) is 38.9. The molecule has 0 N–H and O–H groups in total. The highest BCUT2D eigenvalue weighted by Crippen LogP contribution is 2.43. The fourth-order valence-electron chi connectivity index (χ4n) is 9.65. The molecule has 1 aromatic heterocycles. The Morgan fingerprint density at radius 2 is 0.712 bits per heavy atom. The molecular weight excluding hydrogens is 799 g/mol. The van der Waals surface area contributed by atoms with Crippen molar-refractivity contribution in [2.75, 3.05) is 4.90 Å². The first-order valence-electron chi connectivity index (χ1n) is 22.6. The molecule has 0 aliphatic rings. The molecular formula is C64H43NO. The molecule has 66 heavy (non-hydrogen) atoms. The quantitative estimate of drug-likeness (QED) is 0.135. The summed E-state index contributed by atoms with van der Waals surface area (Å²) in [5, 5.41) is 6.04. The summed E-state index contributed by atoms with van der Waals surface area (Å²) in [5.74, 6) is 0.857. The molecule has 0 radical (unpaired) electrons. The average molecular weight is 842 g/mol. The van der Waals surface area contributed by atoms with E-state index in [1.54, 1.807) is 0 Å². The largest absolute Gasteiger partial charge is 0.456 e. The Morgan fingerprint density at radius 1 is 0.242 bits per heavy atom. The molecule has 11 aromatic carbocycles. The van der Waals surface area contributed by atoms with Gasteiger partial charge in [-0.25, -0.2) is 0 Å². The van der Waals surface area contributed by atoms with Gasteiger partial charge in [-0.2, -0.15) is 0 Å². The maximum Gasteiger partial charge on any atom is 0.136 e. The van der Waals surface area contributed by atoms with Gasteiger partial charge in [-0.1, -0.05) is 206 Å². The van der Waals surface area contributed by atoms with Gasteiger partial charge in [-0.05, 0) is 132 Å². The average Bonchev–Trinajstić information content (AvgIpc) is 3.84. The summed E-state index contributed by atoms with van der Waals surface area (Å²) in [4.78, 5) is 2.37. The van der Waals surface area contributed by atoms with E-state index in [1.165, 1.54) is 49.4 Å². The van der Waals surface area contributed by atoms with Crippen LogP contribution in [0.15, 0.2) is 265 Å². The predicted octanol–water partition coefficient (Wildman–Crippen LogP) is 18.2. The maximum absolute atomic E-state index is 6.49. The minimum Gasteiger partial charge on any atom is -0.456 e. The molecule has 0 bridgehead atoms. The molecule has 0 aliphatic heterocycles. The van der Waals surface area contributed by atoms with Crippen molar-refractivity contribution in [2.45, 2.75) is 0 Å². The van der Waals surface area contributed by atoms with Crippen LogP contribution in [0.3, 0.4) is 0 Å². The number of benzene rings is 11. The lowest BCUT2D eigenvalue weighted by molar-refractivity contribution is 0.632. The van der Waals surface area contributed by atoms with Crippen LogP contribution >= 0.6 is 0 Å². The number of anilines is 3. The van der Waals surface area contributed by atoms with Crippen molar-refractivity contribution in [2.24, 2.45) is 0 Å². The summed E-state index contributed by atoms with van der Waals surface area (Å²) in [7, 11) is 0. The molecule has 2 nitrogen and oxygen atoms in total. The summed E-state index contributed by atoms with van der Waals surface area (Å²) in [6.45, 7) is 0. The Morgan fingerprint density at radius 3 is 1.36 bits per heavy atom. The molecule has 0 amide bonds. The standard InChI is InChI=1S/C64H43NO/c1-3-15-45(16-4-1)56-22-10-12-24-60(56)61-25-13-11-23-57(61)48-31-36-53(37-32-48)65(54-38-40-59-50(41-54)28-27-47-19-7-9-21-55(47)59)52-34-29-44(30-35-52)49-33-39-58(46-17-5-2-6-18-46)62(42-49)64-43-51-20-8-14-26-63(51)66-64/h1-43H. The van der Waals surface area contributed by atoms with Crippen LogP contribution in [-0.2, 0) is 0 Å². The Bertz CT molecular complexity index is 3650. The fourth-order valence-corrected chi connectivity index (χ4v) is 9.65. The summed E-state index contributed by atoms with van der Waals surface area (Å²) in [6, 6.07) is 93.8. The third kappa shape index (κ3) is 7.21. The van der Waals surface area contributed by atoms with Crippen molar-refractivity contribution in [3.05, 3.63) is 261 Å². The lowest BCUT2D eigenvalue weighted by Crippen LogP contribution is -2.10. The number of fused-ring (bicyclic) bond motifs is 4. The van der Waals surface area contributed by atoms with Crippen LogP contribution in [0.2, 0.25) is 0 Å². The number of hydrogen-bond donors (Lipinski definition) is 0. The van der Waals surface area contributed by atoms with Gasteiger partial charge in [0.1, 0.15) is 11.3 Å². The van der Waals surface area contributed by atoms with E-state index in [-0.39, 0.29) is 0 Å². The highest BCUT2D eigenvalue weighted by molar-refractivity contribution is 6.08. The topological polar surface area (TPSA) is 16.4 Å². The van der Waals surface area contributed by atoms with Gasteiger partial charge in [0.05, 0.1) is 0 Å². The van der Waals surface area contributed by atoms with Gasteiger partial charge in [0.2, 0.25) is 0 Å². The second-order valence-electron chi connectivity index (χ2n) is 16.9. The zero-order chi connectivity index (χ0) is 43.8. The molecule has 12 rings (SSSR count). The van der Waals surface area contributed by atoms with Crippen molar-refractivity contribution in [3.8, 4) is 67.0 Å². The van der Waals surface area contributed by atoms with Crippen LogP contribution in [0.1, 0.15) is 0 Å². The minimum absolute atomic E-state index is 0.857. The second kappa shape index (κ2) is 16.8. The van der Waals surface area contributed by atoms with Crippen LogP contribution < -0.4 is 4.90 Å². The second-order valence-corrected chi connectivity index (χ2v) is 16.9. The zero-order valence-electron chi connectivity index (χ0n) is 36.2. The predicted molar refractivity (Wildman–Crippen MR) is 279 cm³/mol. The third-order valence-corrected chi connectivity index (χ3v) is 12.9. The van der Waals surface area contributed by atoms with Gasteiger partial charge < -0.3 is 9.32 Å². The smallest absolute Gasteiger partial charge is 0.136 e. The monoisotopic (exact) mass is 841 g/mol. The third-order valence-electron chi connectivity index (χ3n) is 12.9. The Kier molecular flexibility index (Phi) is 9.89. The molecule has 310 valence electrons. The molecule has 0 saturated heterocycles. The van der Waals surface area contributed by atoms with Crippen molar-refractivity contribution in [1.82, 2.24) is 0 Å². The molecule has 0 saturated carbocycles. The maximum atomic E-state index is 6.49. The van der Waals surface area contributed by atoms with Crippen molar-refractivity contribution >= 4 is 49.6 Å². The SMILES string of the molecule is c1ccc(-c2ccc(-c3ccc(N(c4ccc(-c5ccccc5-c5ccccc5-c5ccccc5)cc4)c4ccc5c(ccc6ccccc65)c4)cc3)cc2-c2cc3ccccc3o2)cc1. The number of rotatable bonds is 9. The van der Waals surface area contributed by atoms with Crippen molar-refractivity contribution in [3.63, 3.8) is 0 Å². The normalized spacial score (nSPS) is 11.3. The Hall–Kier alpha value is -8.72. The molecule has 0 fully saturated rings. The highest BCUT2D eigenvalue weighted by Gasteiger charge is 2.18. The lowest BCUT2D eigenvalue weighted by atomic mass is 9.89. The van der Waals surface area contributed by atoms with Gasteiger partial charge in [-0.3, -0.25) is 0 Å². The molecule has 0 aliphatic carbocycles. The van der Waals surface area contributed by atoms with Crippen LogP contribution in [0.25, 0.3) is 99.5 Å². The number of para-hydroxylation sites is 1. The van der Waals surface area contributed by atoms with Crippen LogP contribution in [0.4, 0.5) is 17.1 Å². The van der Waals surface area contributed by atoms with E-state index in [0.29, 0.717) is 0 Å². The number of nitrogens with zero attached hydrogens (tertiary/aromatic N) is 1. The molecule has 2 heteroatoms. The fraction of sp³-hybridized carbons (Fsp3) is 0. The first-order valence-corrected chi connectivity index (χ1v) is 22.6. The van der Waals surface area contributed by atoms with Gasteiger partial charge >= 0.3 is 0 Å².